The summed E-state index contributed by atoms with van der Waals surface area (Å²) in [4.78, 5) is 4.42. The van der Waals surface area contributed by atoms with Crippen LogP contribution in [-0.2, 0) is 10.0 Å². The minimum Gasteiger partial charge on any atom is -0.492 e. The van der Waals surface area contributed by atoms with E-state index in [9.17, 15) is 17.2 Å². The van der Waals surface area contributed by atoms with Crippen LogP contribution in [0.15, 0.2) is 23.2 Å². The average molecular weight is 419 g/mol. The highest BCUT2D eigenvalue weighted by Crippen LogP contribution is 2.16. The van der Waals surface area contributed by atoms with E-state index >= 15 is 0 Å². The molecule has 0 radical (unpaired) electrons. The van der Waals surface area contributed by atoms with E-state index in [1.165, 1.54) is 10.4 Å². The van der Waals surface area contributed by atoms with Crippen LogP contribution in [-0.4, -0.2) is 63.3 Å². The van der Waals surface area contributed by atoms with Gasteiger partial charge in [0.15, 0.2) is 17.6 Å². The Balaban J connectivity index is 1.81. The predicted molar refractivity (Wildman–Crippen MR) is 105 cm³/mol. The molecule has 1 aromatic rings. The molecule has 2 rings (SSSR count). The van der Waals surface area contributed by atoms with Crippen molar-refractivity contribution in [3.63, 3.8) is 0 Å². The third-order valence-electron chi connectivity index (χ3n) is 4.42. The molecule has 1 heterocycles. The van der Waals surface area contributed by atoms with Crippen molar-refractivity contribution in [2.24, 2.45) is 4.99 Å². The third kappa shape index (κ3) is 6.59. The Labute approximate surface area is 165 Å². The number of hydrogen-bond acceptors (Lipinski definition) is 4. The lowest BCUT2D eigenvalue weighted by Crippen LogP contribution is -2.50. The highest BCUT2D eigenvalue weighted by Gasteiger charge is 2.26. The van der Waals surface area contributed by atoms with Crippen molar-refractivity contribution in [2.45, 2.75) is 32.7 Å². The van der Waals surface area contributed by atoms with Gasteiger partial charge in [-0.15, -0.1) is 0 Å². The zero-order valence-electron chi connectivity index (χ0n) is 16.2. The van der Waals surface area contributed by atoms with Crippen molar-refractivity contribution in [3.8, 4) is 5.75 Å². The SMILES string of the molecule is CCNC(=NCCOc1ccc(F)c(F)c1)NC1CCN(S(=O)(=O)CC)CC1. The largest absolute Gasteiger partial charge is 0.492 e. The number of rotatable bonds is 8. The molecule has 0 bridgehead atoms. The normalized spacial score (nSPS) is 16.8. The summed E-state index contributed by atoms with van der Waals surface area (Å²) in [6, 6.07) is 3.52. The first-order chi connectivity index (χ1) is 13.4. The molecule has 2 N–H and O–H groups in total. The lowest BCUT2D eigenvalue weighted by atomic mass is 10.1. The molecule has 1 aliphatic heterocycles. The van der Waals surface area contributed by atoms with Gasteiger partial charge in [-0.2, -0.15) is 0 Å². The fourth-order valence-corrected chi connectivity index (χ4v) is 3.99. The highest BCUT2D eigenvalue weighted by atomic mass is 32.2. The molecule has 0 amide bonds. The molecule has 0 saturated carbocycles. The maximum absolute atomic E-state index is 13.2. The first-order valence-corrected chi connectivity index (χ1v) is 11.1. The lowest BCUT2D eigenvalue weighted by Gasteiger charge is -2.32. The summed E-state index contributed by atoms with van der Waals surface area (Å²) in [5, 5.41) is 6.45. The summed E-state index contributed by atoms with van der Waals surface area (Å²) in [5.41, 5.74) is 0. The monoisotopic (exact) mass is 418 g/mol. The van der Waals surface area contributed by atoms with Crippen LogP contribution in [0.2, 0.25) is 0 Å². The molecule has 0 aliphatic carbocycles. The number of nitrogens with one attached hydrogen (secondary N) is 2. The fourth-order valence-electron chi connectivity index (χ4n) is 2.86. The summed E-state index contributed by atoms with van der Waals surface area (Å²) in [7, 11) is -3.14. The molecule has 0 unspecified atom stereocenters. The molecule has 0 aromatic heterocycles. The Bertz CT molecular complexity index is 766. The summed E-state index contributed by atoms with van der Waals surface area (Å²) >= 11 is 0. The van der Waals surface area contributed by atoms with Crippen LogP contribution in [0.25, 0.3) is 0 Å². The van der Waals surface area contributed by atoms with Gasteiger partial charge in [0.2, 0.25) is 10.0 Å². The zero-order chi connectivity index (χ0) is 20.6. The van der Waals surface area contributed by atoms with E-state index in [1.807, 2.05) is 6.92 Å². The maximum atomic E-state index is 13.2. The zero-order valence-corrected chi connectivity index (χ0v) is 17.1. The van der Waals surface area contributed by atoms with Crippen LogP contribution in [0.1, 0.15) is 26.7 Å². The van der Waals surface area contributed by atoms with E-state index < -0.39 is 21.7 Å². The molecule has 28 heavy (non-hydrogen) atoms. The van der Waals surface area contributed by atoms with Crippen molar-refractivity contribution in [2.75, 3.05) is 38.5 Å². The predicted octanol–water partition coefficient (Wildman–Crippen LogP) is 1.71. The van der Waals surface area contributed by atoms with Crippen LogP contribution in [0.5, 0.6) is 5.75 Å². The second-order valence-corrected chi connectivity index (χ2v) is 8.66. The minimum atomic E-state index is -3.14. The highest BCUT2D eigenvalue weighted by molar-refractivity contribution is 7.89. The molecule has 1 saturated heterocycles. The molecule has 10 heteroatoms. The molecule has 158 valence electrons. The van der Waals surface area contributed by atoms with Gasteiger partial charge < -0.3 is 15.4 Å². The summed E-state index contributed by atoms with van der Waals surface area (Å²) in [5.74, 6) is -0.883. The lowest BCUT2D eigenvalue weighted by molar-refractivity contribution is 0.305. The van der Waals surface area contributed by atoms with Crippen molar-refractivity contribution < 1.29 is 21.9 Å². The van der Waals surface area contributed by atoms with Gasteiger partial charge in [0, 0.05) is 31.7 Å². The first kappa shape index (κ1) is 22.4. The molecule has 0 atom stereocenters. The van der Waals surface area contributed by atoms with Gasteiger partial charge in [-0.05, 0) is 38.8 Å². The standard InChI is InChI=1S/C18H28F2N4O3S/c1-3-21-18(22-9-12-27-15-5-6-16(19)17(20)13-15)23-14-7-10-24(11-8-14)28(25,26)4-2/h5-6,13-14H,3-4,7-12H2,1-2H3,(H2,21,22,23). The Kier molecular flexibility index (Phi) is 8.43. The molecular formula is C18H28F2N4O3S. The summed E-state index contributed by atoms with van der Waals surface area (Å²) < 4.78 is 56.8. The number of ether oxygens (including phenoxy) is 1. The Morgan fingerprint density at radius 2 is 1.96 bits per heavy atom. The Morgan fingerprint density at radius 3 is 2.57 bits per heavy atom. The number of aliphatic imine (C=N–C) groups is 1. The average Bonchev–Trinajstić information content (AvgIpc) is 2.68. The molecular weight excluding hydrogens is 390 g/mol. The maximum Gasteiger partial charge on any atom is 0.213 e. The number of nitrogens with zero attached hydrogens (tertiary/aromatic N) is 2. The van der Waals surface area contributed by atoms with Crippen molar-refractivity contribution in [1.29, 1.82) is 0 Å². The topological polar surface area (TPSA) is 83.0 Å². The van der Waals surface area contributed by atoms with Crippen LogP contribution < -0.4 is 15.4 Å². The molecule has 1 fully saturated rings. The van der Waals surface area contributed by atoms with Crippen molar-refractivity contribution in [3.05, 3.63) is 29.8 Å². The first-order valence-electron chi connectivity index (χ1n) is 9.46. The summed E-state index contributed by atoms with van der Waals surface area (Å²) in [6.07, 6.45) is 1.41. The quantitative estimate of drug-likeness (QED) is 0.382. The molecule has 7 nitrogen and oxygen atoms in total. The van der Waals surface area contributed by atoms with Crippen LogP contribution in [0.4, 0.5) is 8.78 Å². The van der Waals surface area contributed by atoms with Gasteiger partial charge in [-0.3, -0.25) is 0 Å². The van der Waals surface area contributed by atoms with Gasteiger partial charge in [-0.25, -0.2) is 26.5 Å². The van der Waals surface area contributed by atoms with Crippen LogP contribution >= 0.6 is 0 Å². The van der Waals surface area contributed by atoms with Gasteiger partial charge in [0.25, 0.3) is 0 Å². The van der Waals surface area contributed by atoms with Crippen molar-refractivity contribution >= 4 is 16.0 Å². The number of hydrogen-bond donors (Lipinski definition) is 2. The smallest absolute Gasteiger partial charge is 0.213 e. The van der Waals surface area contributed by atoms with Gasteiger partial charge in [-0.1, -0.05) is 0 Å². The molecule has 1 aliphatic rings. The van der Waals surface area contributed by atoms with Crippen LogP contribution in [0, 0.1) is 11.6 Å². The van der Waals surface area contributed by atoms with Gasteiger partial charge >= 0.3 is 0 Å². The fraction of sp³-hybridized carbons (Fsp3) is 0.611. The van der Waals surface area contributed by atoms with E-state index in [0.717, 1.165) is 12.1 Å². The van der Waals surface area contributed by atoms with E-state index in [-0.39, 0.29) is 24.2 Å². The number of sulfonamides is 1. The van der Waals surface area contributed by atoms with E-state index in [2.05, 4.69) is 15.6 Å². The minimum absolute atomic E-state index is 0.118. The van der Waals surface area contributed by atoms with Gasteiger partial charge in [0.1, 0.15) is 12.4 Å². The number of guanidine groups is 1. The van der Waals surface area contributed by atoms with E-state index in [0.29, 0.717) is 45.0 Å². The third-order valence-corrected chi connectivity index (χ3v) is 6.30. The number of halogens is 2. The van der Waals surface area contributed by atoms with E-state index in [4.69, 9.17) is 4.74 Å². The van der Waals surface area contributed by atoms with Crippen LogP contribution in [0.3, 0.4) is 0 Å². The number of benzene rings is 1. The van der Waals surface area contributed by atoms with Crippen molar-refractivity contribution in [1.82, 2.24) is 14.9 Å². The van der Waals surface area contributed by atoms with E-state index in [1.54, 1.807) is 6.92 Å². The second-order valence-electron chi connectivity index (χ2n) is 6.40. The molecule has 0 spiro atoms. The van der Waals surface area contributed by atoms with Gasteiger partial charge in [0.05, 0.1) is 12.3 Å². The Hall–Kier alpha value is -1.94. The molecule has 1 aromatic carbocycles. The number of piperidine rings is 1. The summed E-state index contributed by atoms with van der Waals surface area (Å²) in [6.45, 7) is 5.81. The Morgan fingerprint density at radius 1 is 1.25 bits per heavy atom. The second kappa shape index (κ2) is 10.6.